The number of carbonyl (C=O) groups excluding carboxylic acids is 1. The zero-order chi connectivity index (χ0) is 26.8. The molecule has 0 heterocycles. The fourth-order valence-electron chi connectivity index (χ4n) is 5.59. The highest BCUT2D eigenvalue weighted by Gasteiger charge is 2.24. The van der Waals surface area contributed by atoms with Gasteiger partial charge in [0, 0.05) is 0 Å². The molecule has 4 heteroatoms. The first-order valence-corrected chi connectivity index (χ1v) is 15.4. The molecule has 0 spiro atoms. The fourth-order valence-corrected chi connectivity index (χ4v) is 5.59. The maximum Gasteiger partial charge on any atom is 0.343 e. The molecule has 4 nitrogen and oxygen atoms in total. The zero-order valence-electron chi connectivity index (χ0n) is 23.9. The van der Waals surface area contributed by atoms with E-state index in [1.165, 1.54) is 77.0 Å². The molecule has 0 aromatic heterocycles. The molecule has 0 amide bonds. The van der Waals surface area contributed by atoms with Gasteiger partial charge in [0.05, 0.1) is 18.8 Å². The minimum atomic E-state index is -0.372. The van der Waals surface area contributed by atoms with Crippen molar-refractivity contribution in [2.75, 3.05) is 13.2 Å². The van der Waals surface area contributed by atoms with Crippen LogP contribution in [0.25, 0.3) is 0 Å². The molecule has 210 valence electrons. The highest BCUT2D eigenvalue weighted by atomic mass is 16.5. The van der Waals surface area contributed by atoms with E-state index in [-0.39, 0.29) is 5.97 Å². The first kappa shape index (κ1) is 30.1. The number of ether oxygens (including phenoxy) is 3. The number of carbonyl (C=O) groups is 1. The number of esters is 1. The van der Waals surface area contributed by atoms with Crippen molar-refractivity contribution in [3.8, 4) is 17.2 Å². The second-order valence-corrected chi connectivity index (χ2v) is 10.9. The molecule has 2 atom stereocenters. The molecule has 3 rings (SSSR count). The third-order valence-corrected chi connectivity index (χ3v) is 7.87. The molecule has 0 aliphatic heterocycles. The van der Waals surface area contributed by atoms with Crippen LogP contribution in [0.2, 0.25) is 0 Å². The first-order valence-electron chi connectivity index (χ1n) is 15.4. The molecular weight excluding hydrogens is 472 g/mol. The van der Waals surface area contributed by atoms with Crippen LogP contribution >= 0.6 is 0 Å². The van der Waals surface area contributed by atoms with Gasteiger partial charge < -0.3 is 14.2 Å². The second kappa shape index (κ2) is 17.9. The van der Waals surface area contributed by atoms with Crippen molar-refractivity contribution in [2.45, 2.75) is 110 Å². The monoisotopic (exact) mass is 522 g/mol. The molecule has 38 heavy (non-hydrogen) atoms. The van der Waals surface area contributed by atoms with Crippen LogP contribution in [-0.2, 0) is 0 Å². The van der Waals surface area contributed by atoms with Crippen molar-refractivity contribution < 1.29 is 19.0 Å². The van der Waals surface area contributed by atoms with Crippen molar-refractivity contribution in [1.82, 2.24) is 0 Å². The van der Waals surface area contributed by atoms with Crippen molar-refractivity contribution in [3.05, 3.63) is 54.1 Å². The molecule has 0 radical (unpaired) electrons. The van der Waals surface area contributed by atoms with Crippen LogP contribution in [0.5, 0.6) is 17.2 Å². The summed E-state index contributed by atoms with van der Waals surface area (Å²) in [5.74, 6) is 3.55. The van der Waals surface area contributed by atoms with Gasteiger partial charge in [-0.05, 0) is 79.6 Å². The Morgan fingerprint density at radius 3 is 1.76 bits per heavy atom. The van der Waals surface area contributed by atoms with Crippen LogP contribution in [-0.4, -0.2) is 19.2 Å². The van der Waals surface area contributed by atoms with Crippen molar-refractivity contribution in [2.24, 2.45) is 11.8 Å². The van der Waals surface area contributed by atoms with Crippen LogP contribution in [0.1, 0.15) is 121 Å². The van der Waals surface area contributed by atoms with Crippen molar-refractivity contribution in [1.29, 1.82) is 0 Å². The minimum absolute atomic E-state index is 0.372. The molecule has 1 saturated carbocycles. The summed E-state index contributed by atoms with van der Waals surface area (Å²) in [6.07, 6.45) is 19.7. The van der Waals surface area contributed by atoms with Crippen LogP contribution in [0, 0.1) is 11.8 Å². The lowest BCUT2D eigenvalue weighted by molar-refractivity contribution is 0.0734. The van der Waals surface area contributed by atoms with E-state index in [0.717, 1.165) is 49.2 Å². The third kappa shape index (κ3) is 11.1. The molecule has 1 aliphatic rings. The summed E-state index contributed by atoms with van der Waals surface area (Å²) in [4.78, 5) is 12.5. The summed E-state index contributed by atoms with van der Waals surface area (Å²) in [5, 5.41) is 0. The lowest BCUT2D eigenvalue weighted by Gasteiger charge is -2.31. The van der Waals surface area contributed by atoms with Crippen LogP contribution in [0.4, 0.5) is 0 Å². The predicted octanol–water partition coefficient (Wildman–Crippen LogP) is 9.80. The Morgan fingerprint density at radius 2 is 1.13 bits per heavy atom. The Balaban J connectivity index is 1.34. The molecule has 1 fully saturated rings. The Hall–Kier alpha value is -2.49. The average molecular weight is 523 g/mol. The van der Waals surface area contributed by atoms with Gasteiger partial charge in [-0.15, -0.1) is 0 Å². The van der Waals surface area contributed by atoms with Gasteiger partial charge >= 0.3 is 5.97 Å². The number of hydrogen-bond donors (Lipinski definition) is 0. The van der Waals surface area contributed by atoms with Gasteiger partial charge in [0.15, 0.2) is 0 Å². The maximum atomic E-state index is 12.5. The summed E-state index contributed by atoms with van der Waals surface area (Å²) in [6, 6.07) is 14.5. The van der Waals surface area contributed by atoms with Gasteiger partial charge in [-0.25, -0.2) is 4.79 Å². The molecule has 0 N–H and O–H groups in total. The molecule has 2 aromatic carbocycles. The van der Waals surface area contributed by atoms with Crippen LogP contribution in [0.15, 0.2) is 48.5 Å². The smallest absolute Gasteiger partial charge is 0.343 e. The van der Waals surface area contributed by atoms with E-state index >= 15 is 0 Å². The molecule has 2 aromatic rings. The fraction of sp³-hybridized carbons (Fsp3) is 0.618. The Labute approximate surface area is 231 Å². The second-order valence-electron chi connectivity index (χ2n) is 10.9. The van der Waals surface area contributed by atoms with Gasteiger partial charge in [0.2, 0.25) is 0 Å². The van der Waals surface area contributed by atoms with Gasteiger partial charge in [-0.2, -0.15) is 0 Å². The molecule has 2 unspecified atom stereocenters. The summed E-state index contributed by atoms with van der Waals surface area (Å²) >= 11 is 0. The quantitative estimate of drug-likeness (QED) is 0.111. The summed E-state index contributed by atoms with van der Waals surface area (Å²) < 4.78 is 17.3. The Morgan fingerprint density at radius 1 is 0.632 bits per heavy atom. The Kier molecular flexibility index (Phi) is 14.2. The van der Waals surface area contributed by atoms with Crippen molar-refractivity contribution in [3.63, 3.8) is 0 Å². The maximum absolute atomic E-state index is 12.5. The predicted molar refractivity (Wildman–Crippen MR) is 156 cm³/mol. The molecular formula is C34H50O4. The number of unbranched alkanes of at least 4 members (excludes halogenated alkanes) is 6. The zero-order valence-corrected chi connectivity index (χ0v) is 23.9. The average Bonchev–Trinajstić information content (AvgIpc) is 2.95. The summed E-state index contributed by atoms with van der Waals surface area (Å²) in [5.41, 5.74) is 0.508. The van der Waals surface area contributed by atoms with Gasteiger partial charge in [-0.1, -0.05) is 90.9 Å². The van der Waals surface area contributed by atoms with Gasteiger partial charge in [0.25, 0.3) is 0 Å². The highest BCUT2D eigenvalue weighted by Crippen LogP contribution is 2.36. The van der Waals surface area contributed by atoms with E-state index in [9.17, 15) is 4.79 Å². The normalized spacial score (nSPS) is 17.2. The largest absolute Gasteiger partial charge is 0.494 e. The molecule has 0 bridgehead atoms. The number of hydrogen-bond acceptors (Lipinski definition) is 4. The van der Waals surface area contributed by atoms with Crippen molar-refractivity contribution >= 4 is 5.97 Å². The third-order valence-electron chi connectivity index (χ3n) is 7.87. The van der Waals surface area contributed by atoms with E-state index in [4.69, 9.17) is 14.2 Å². The summed E-state index contributed by atoms with van der Waals surface area (Å²) in [6.45, 7) is 5.90. The Bertz CT molecular complexity index is 890. The SMILES string of the molecule is CCCCCCCC1CCCCC1CCCOc1ccc(OC(=O)c2ccc(OCCCCC)cc2)cc1. The lowest BCUT2D eigenvalue weighted by atomic mass is 9.74. The van der Waals surface area contributed by atoms with Crippen LogP contribution < -0.4 is 14.2 Å². The molecule has 1 aliphatic carbocycles. The van der Waals surface area contributed by atoms with E-state index < -0.39 is 0 Å². The summed E-state index contributed by atoms with van der Waals surface area (Å²) in [7, 11) is 0. The van der Waals surface area contributed by atoms with E-state index in [2.05, 4.69) is 13.8 Å². The topological polar surface area (TPSA) is 44.8 Å². The van der Waals surface area contributed by atoms with E-state index in [1.807, 2.05) is 24.3 Å². The molecule has 0 saturated heterocycles. The van der Waals surface area contributed by atoms with E-state index in [1.54, 1.807) is 24.3 Å². The number of benzene rings is 2. The van der Waals surface area contributed by atoms with Gasteiger partial charge in [0.1, 0.15) is 17.2 Å². The first-order chi connectivity index (χ1) is 18.7. The number of rotatable bonds is 18. The standard InChI is InChI=1S/C34H50O4/c1-3-5-7-8-9-14-28-15-10-11-16-29(28)17-13-27-37-32-22-24-33(25-23-32)38-34(35)30-18-20-31(21-19-30)36-26-12-6-4-2/h18-25,28-29H,3-17,26-27H2,1-2H3. The minimum Gasteiger partial charge on any atom is -0.494 e. The van der Waals surface area contributed by atoms with E-state index in [0.29, 0.717) is 17.9 Å². The van der Waals surface area contributed by atoms with Crippen LogP contribution in [0.3, 0.4) is 0 Å². The van der Waals surface area contributed by atoms with Gasteiger partial charge in [-0.3, -0.25) is 0 Å². The highest BCUT2D eigenvalue weighted by molar-refractivity contribution is 5.91. The lowest BCUT2D eigenvalue weighted by Crippen LogP contribution is -2.20.